The average Bonchev–Trinajstić information content (AvgIpc) is 2.17. The Labute approximate surface area is 81.3 Å². The number of fused-ring (bicyclic) bond motifs is 1. The largest absolute Gasteiger partial charge is 0.385 e. The SMILES string of the molecule is BrCc1ccc2c(c1)CCCN2. The first-order chi connectivity index (χ1) is 5.90. The molecule has 0 bridgehead atoms. The lowest BCUT2D eigenvalue weighted by Crippen LogP contribution is -2.11. The number of alkyl halides is 1. The molecule has 2 rings (SSSR count). The molecule has 0 amide bonds. The molecule has 0 aromatic heterocycles. The van der Waals surface area contributed by atoms with Gasteiger partial charge in [0.15, 0.2) is 0 Å². The Morgan fingerprint density at radius 2 is 2.33 bits per heavy atom. The summed E-state index contributed by atoms with van der Waals surface area (Å²) in [6.07, 6.45) is 2.49. The molecule has 0 saturated heterocycles. The number of rotatable bonds is 1. The van der Waals surface area contributed by atoms with E-state index in [9.17, 15) is 0 Å². The van der Waals surface area contributed by atoms with Gasteiger partial charge in [0, 0.05) is 17.6 Å². The van der Waals surface area contributed by atoms with Crippen molar-refractivity contribution in [1.82, 2.24) is 0 Å². The predicted octanol–water partition coefficient (Wildman–Crippen LogP) is 2.94. The van der Waals surface area contributed by atoms with Crippen LogP contribution in [-0.2, 0) is 11.8 Å². The van der Waals surface area contributed by atoms with E-state index in [1.165, 1.54) is 29.7 Å². The third kappa shape index (κ3) is 1.48. The molecule has 12 heavy (non-hydrogen) atoms. The van der Waals surface area contributed by atoms with Crippen LogP contribution in [0.5, 0.6) is 0 Å². The van der Waals surface area contributed by atoms with Gasteiger partial charge < -0.3 is 5.32 Å². The quantitative estimate of drug-likeness (QED) is 0.726. The van der Waals surface area contributed by atoms with Gasteiger partial charge in [0.2, 0.25) is 0 Å². The Hall–Kier alpha value is -0.500. The van der Waals surface area contributed by atoms with Crippen molar-refractivity contribution in [2.45, 2.75) is 18.2 Å². The molecular formula is C10H12BrN. The average molecular weight is 226 g/mol. The summed E-state index contributed by atoms with van der Waals surface area (Å²) in [7, 11) is 0. The second-order valence-electron chi connectivity index (χ2n) is 3.16. The Balaban J connectivity index is 2.36. The fraction of sp³-hybridized carbons (Fsp3) is 0.400. The van der Waals surface area contributed by atoms with Gasteiger partial charge >= 0.3 is 0 Å². The number of hydrogen-bond donors (Lipinski definition) is 1. The van der Waals surface area contributed by atoms with E-state index in [-0.39, 0.29) is 0 Å². The van der Waals surface area contributed by atoms with Gasteiger partial charge in [-0.25, -0.2) is 0 Å². The number of aryl methyl sites for hydroxylation is 1. The van der Waals surface area contributed by atoms with Crippen LogP contribution >= 0.6 is 15.9 Å². The van der Waals surface area contributed by atoms with Crippen LogP contribution in [0, 0.1) is 0 Å². The van der Waals surface area contributed by atoms with E-state index in [1.54, 1.807) is 0 Å². The molecule has 0 fully saturated rings. The van der Waals surface area contributed by atoms with Crippen LogP contribution in [-0.4, -0.2) is 6.54 Å². The summed E-state index contributed by atoms with van der Waals surface area (Å²) < 4.78 is 0. The summed E-state index contributed by atoms with van der Waals surface area (Å²) >= 11 is 3.46. The van der Waals surface area contributed by atoms with E-state index in [1.807, 2.05) is 0 Å². The van der Waals surface area contributed by atoms with Crippen LogP contribution < -0.4 is 5.32 Å². The van der Waals surface area contributed by atoms with Crippen molar-refractivity contribution in [1.29, 1.82) is 0 Å². The highest BCUT2D eigenvalue weighted by atomic mass is 79.9. The van der Waals surface area contributed by atoms with E-state index in [0.717, 1.165) is 11.9 Å². The molecule has 0 saturated carbocycles. The van der Waals surface area contributed by atoms with Crippen molar-refractivity contribution in [3.8, 4) is 0 Å². The Kier molecular flexibility index (Phi) is 2.35. The molecule has 0 unspecified atom stereocenters. The Bertz CT molecular complexity index is 283. The van der Waals surface area contributed by atoms with Gasteiger partial charge in [0.05, 0.1) is 0 Å². The Morgan fingerprint density at radius 1 is 1.42 bits per heavy atom. The van der Waals surface area contributed by atoms with Crippen LogP contribution in [0.2, 0.25) is 0 Å². The maximum Gasteiger partial charge on any atom is 0.0372 e. The molecule has 1 aromatic carbocycles. The van der Waals surface area contributed by atoms with Gasteiger partial charge in [-0.3, -0.25) is 0 Å². The van der Waals surface area contributed by atoms with Crippen LogP contribution in [0.15, 0.2) is 18.2 Å². The number of anilines is 1. The van der Waals surface area contributed by atoms with Crippen molar-refractivity contribution >= 4 is 21.6 Å². The standard InChI is InChI=1S/C10H12BrN/c11-7-8-3-4-10-9(6-8)2-1-5-12-10/h3-4,6,12H,1-2,5,7H2. The molecule has 0 aliphatic carbocycles. The minimum absolute atomic E-state index is 0.959. The number of benzene rings is 1. The molecule has 64 valence electrons. The van der Waals surface area contributed by atoms with Crippen LogP contribution in [0.25, 0.3) is 0 Å². The molecule has 1 N–H and O–H groups in total. The summed E-state index contributed by atoms with van der Waals surface area (Å²) in [5, 5.41) is 4.36. The van der Waals surface area contributed by atoms with Crippen molar-refractivity contribution in [2.24, 2.45) is 0 Å². The lowest BCUT2D eigenvalue weighted by molar-refractivity contribution is 0.829. The highest BCUT2D eigenvalue weighted by Crippen LogP contribution is 2.23. The van der Waals surface area contributed by atoms with E-state index < -0.39 is 0 Å². The first-order valence-electron chi connectivity index (χ1n) is 4.32. The van der Waals surface area contributed by atoms with Gasteiger partial charge in [-0.05, 0) is 30.0 Å². The maximum absolute atomic E-state index is 3.46. The fourth-order valence-electron chi connectivity index (χ4n) is 1.61. The second kappa shape index (κ2) is 3.48. The maximum atomic E-state index is 3.46. The third-order valence-corrected chi connectivity index (χ3v) is 2.91. The smallest absolute Gasteiger partial charge is 0.0372 e. The monoisotopic (exact) mass is 225 g/mol. The third-order valence-electron chi connectivity index (χ3n) is 2.26. The van der Waals surface area contributed by atoms with Crippen molar-refractivity contribution in [2.75, 3.05) is 11.9 Å². The normalized spacial score (nSPS) is 15.1. The number of hydrogen-bond acceptors (Lipinski definition) is 1. The zero-order chi connectivity index (χ0) is 8.39. The molecule has 2 heteroatoms. The molecule has 1 heterocycles. The summed E-state index contributed by atoms with van der Waals surface area (Å²) in [4.78, 5) is 0. The molecule has 1 aliphatic heterocycles. The van der Waals surface area contributed by atoms with Gasteiger partial charge in [-0.15, -0.1) is 0 Å². The molecule has 1 aliphatic rings. The van der Waals surface area contributed by atoms with Gasteiger partial charge in [-0.2, -0.15) is 0 Å². The zero-order valence-corrected chi connectivity index (χ0v) is 8.52. The lowest BCUT2D eigenvalue weighted by Gasteiger charge is -2.18. The molecular weight excluding hydrogens is 214 g/mol. The van der Waals surface area contributed by atoms with Gasteiger partial charge in [0.1, 0.15) is 0 Å². The minimum Gasteiger partial charge on any atom is -0.385 e. The first-order valence-corrected chi connectivity index (χ1v) is 5.44. The molecule has 0 atom stereocenters. The molecule has 1 nitrogen and oxygen atoms in total. The van der Waals surface area contributed by atoms with Gasteiger partial charge in [0.25, 0.3) is 0 Å². The summed E-state index contributed by atoms with van der Waals surface area (Å²) in [6, 6.07) is 6.65. The lowest BCUT2D eigenvalue weighted by atomic mass is 10.0. The topological polar surface area (TPSA) is 12.0 Å². The van der Waals surface area contributed by atoms with Gasteiger partial charge in [-0.1, -0.05) is 28.1 Å². The molecule has 0 spiro atoms. The van der Waals surface area contributed by atoms with Crippen LogP contribution in [0.1, 0.15) is 17.5 Å². The van der Waals surface area contributed by atoms with E-state index in [0.29, 0.717) is 0 Å². The van der Waals surface area contributed by atoms with E-state index in [4.69, 9.17) is 0 Å². The van der Waals surface area contributed by atoms with E-state index >= 15 is 0 Å². The zero-order valence-electron chi connectivity index (χ0n) is 6.94. The molecule has 1 aromatic rings. The van der Waals surface area contributed by atoms with Crippen LogP contribution in [0.3, 0.4) is 0 Å². The first kappa shape index (κ1) is 8.11. The second-order valence-corrected chi connectivity index (χ2v) is 3.72. The minimum atomic E-state index is 0.959. The summed E-state index contributed by atoms with van der Waals surface area (Å²) in [5.74, 6) is 0. The summed E-state index contributed by atoms with van der Waals surface area (Å²) in [5.41, 5.74) is 4.17. The van der Waals surface area contributed by atoms with E-state index in [2.05, 4.69) is 39.4 Å². The number of halogens is 1. The Morgan fingerprint density at radius 3 is 3.17 bits per heavy atom. The fourth-order valence-corrected chi connectivity index (χ4v) is 1.96. The predicted molar refractivity (Wildman–Crippen MR) is 55.9 cm³/mol. The van der Waals surface area contributed by atoms with Crippen molar-refractivity contribution in [3.63, 3.8) is 0 Å². The highest BCUT2D eigenvalue weighted by Gasteiger charge is 2.07. The number of nitrogens with one attached hydrogen (secondary N) is 1. The van der Waals surface area contributed by atoms with Crippen molar-refractivity contribution < 1.29 is 0 Å². The summed E-state index contributed by atoms with van der Waals surface area (Å²) in [6.45, 7) is 1.13. The highest BCUT2D eigenvalue weighted by molar-refractivity contribution is 9.08. The van der Waals surface area contributed by atoms with Crippen LogP contribution in [0.4, 0.5) is 5.69 Å². The molecule has 0 radical (unpaired) electrons. The van der Waals surface area contributed by atoms with Crippen molar-refractivity contribution in [3.05, 3.63) is 29.3 Å².